The van der Waals surface area contributed by atoms with Crippen molar-refractivity contribution in [2.24, 2.45) is 0 Å². The van der Waals surface area contributed by atoms with E-state index in [1.165, 1.54) is 22.8 Å². The number of pyridine rings is 1. The van der Waals surface area contributed by atoms with Crippen LogP contribution in [0.4, 0.5) is 0 Å². The van der Waals surface area contributed by atoms with Crippen molar-refractivity contribution < 1.29 is 14.1 Å². The number of benzene rings is 1. The Bertz CT molecular complexity index is 1220. The molecule has 3 aromatic heterocycles. The van der Waals surface area contributed by atoms with E-state index in [0.29, 0.717) is 27.6 Å². The third kappa shape index (κ3) is 4.64. The molecule has 0 saturated heterocycles. The highest BCUT2D eigenvalue weighted by Gasteiger charge is 2.16. The number of thioether (sulfide) groups is 1. The minimum atomic E-state index is -0.474. The number of carbonyl (C=O) groups excluding carboxylic acids is 2. The van der Waals surface area contributed by atoms with Crippen LogP contribution in [-0.4, -0.2) is 42.2 Å². The van der Waals surface area contributed by atoms with Gasteiger partial charge in [-0.15, -0.1) is 16.9 Å². The predicted octanol–water partition coefficient (Wildman–Crippen LogP) is 2.03. The zero-order valence-corrected chi connectivity index (χ0v) is 18.0. The molecule has 0 bridgehead atoms. The summed E-state index contributed by atoms with van der Waals surface area (Å²) in [7, 11) is 0. The lowest BCUT2D eigenvalue weighted by molar-refractivity contribution is 0.0844. The number of hydrazine groups is 1. The number of aryl methyl sites for hydroxylation is 2. The first-order valence-electron chi connectivity index (χ1n) is 9.46. The summed E-state index contributed by atoms with van der Waals surface area (Å²) in [4.78, 5) is 29.4. The Morgan fingerprint density at radius 3 is 2.56 bits per heavy atom. The summed E-state index contributed by atoms with van der Waals surface area (Å²) in [6.45, 7) is 3.70. The molecule has 3 heterocycles. The van der Waals surface area contributed by atoms with Crippen molar-refractivity contribution in [3.8, 4) is 5.69 Å². The summed E-state index contributed by atoms with van der Waals surface area (Å²) >= 11 is 1.39. The third-order valence-corrected chi connectivity index (χ3v) is 5.61. The molecule has 0 aliphatic heterocycles. The molecule has 0 radical (unpaired) electrons. The second-order valence-corrected chi connectivity index (χ2v) is 7.62. The summed E-state index contributed by atoms with van der Waals surface area (Å²) in [6.07, 6.45) is 3.06. The number of hydrogen-bond acceptors (Lipinski definition) is 9. The minimum absolute atomic E-state index is 0.346. The number of aromatic nitrogens is 6. The van der Waals surface area contributed by atoms with Gasteiger partial charge >= 0.3 is 0 Å². The molecule has 0 fully saturated rings. The molecule has 0 spiro atoms. The lowest BCUT2D eigenvalue weighted by Crippen LogP contribution is -2.41. The molecule has 12 heteroatoms. The number of hydrogen-bond donors (Lipinski definition) is 2. The van der Waals surface area contributed by atoms with Crippen molar-refractivity contribution in [1.82, 2.24) is 41.2 Å². The van der Waals surface area contributed by atoms with Crippen molar-refractivity contribution in [3.63, 3.8) is 0 Å². The summed E-state index contributed by atoms with van der Waals surface area (Å²) in [5.41, 5.74) is 8.03. The van der Waals surface area contributed by atoms with E-state index in [2.05, 4.69) is 36.5 Å². The number of nitrogens with zero attached hydrogens (tertiary/aromatic N) is 6. The standard InChI is InChI=1S/C20H18N8O3S/c1-12-17(13(2)31-25-12)10-32-20-16(4-3-9-21-20)19(30)24-23-18(29)14-5-7-15(8-6-14)28-11-22-26-27-28/h3-9,11H,10H2,1-2H3,(H,23,29)(H,24,30). The quantitative estimate of drug-likeness (QED) is 0.333. The molecule has 4 aromatic rings. The lowest BCUT2D eigenvalue weighted by Gasteiger charge is -2.10. The fourth-order valence-electron chi connectivity index (χ4n) is 2.83. The summed E-state index contributed by atoms with van der Waals surface area (Å²) in [6, 6.07) is 9.90. The van der Waals surface area contributed by atoms with E-state index in [-0.39, 0.29) is 0 Å². The predicted molar refractivity (Wildman–Crippen MR) is 114 cm³/mol. The number of rotatable bonds is 6. The average molecular weight is 450 g/mol. The van der Waals surface area contributed by atoms with Crippen LogP contribution in [-0.2, 0) is 5.75 Å². The van der Waals surface area contributed by atoms with Crippen LogP contribution >= 0.6 is 11.8 Å². The number of nitrogens with one attached hydrogen (secondary N) is 2. The van der Waals surface area contributed by atoms with Crippen LogP contribution in [0.2, 0.25) is 0 Å². The van der Waals surface area contributed by atoms with Crippen LogP contribution in [0.15, 0.2) is 58.5 Å². The first-order valence-corrected chi connectivity index (χ1v) is 10.4. The smallest absolute Gasteiger partial charge is 0.272 e. The van der Waals surface area contributed by atoms with E-state index in [0.717, 1.165) is 17.0 Å². The van der Waals surface area contributed by atoms with Gasteiger partial charge in [0.2, 0.25) is 0 Å². The van der Waals surface area contributed by atoms with E-state index < -0.39 is 11.8 Å². The highest BCUT2D eigenvalue weighted by molar-refractivity contribution is 7.98. The Hall–Kier alpha value is -4.06. The monoisotopic (exact) mass is 450 g/mol. The zero-order chi connectivity index (χ0) is 22.5. The fourth-order valence-corrected chi connectivity index (χ4v) is 3.97. The molecule has 2 N–H and O–H groups in total. The van der Waals surface area contributed by atoms with Crippen LogP contribution in [0, 0.1) is 13.8 Å². The molecule has 0 aliphatic rings. The van der Waals surface area contributed by atoms with Gasteiger partial charge in [-0.05, 0) is 60.7 Å². The van der Waals surface area contributed by atoms with Crippen LogP contribution < -0.4 is 10.9 Å². The van der Waals surface area contributed by atoms with E-state index >= 15 is 0 Å². The van der Waals surface area contributed by atoms with Crippen LogP contribution in [0.25, 0.3) is 5.69 Å². The van der Waals surface area contributed by atoms with Crippen molar-refractivity contribution in [3.05, 3.63) is 77.1 Å². The normalized spacial score (nSPS) is 10.7. The average Bonchev–Trinajstić information content (AvgIpc) is 3.46. The Balaban J connectivity index is 1.38. The van der Waals surface area contributed by atoms with Gasteiger partial charge in [0, 0.05) is 23.1 Å². The maximum Gasteiger partial charge on any atom is 0.272 e. The summed E-state index contributed by atoms with van der Waals surface area (Å²) < 4.78 is 6.64. The summed E-state index contributed by atoms with van der Waals surface area (Å²) in [5, 5.41) is 15.4. The molecule has 162 valence electrons. The molecule has 0 saturated carbocycles. The molecule has 0 unspecified atom stereocenters. The Labute approximate surface area is 186 Å². The van der Waals surface area contributed by atoms with Gasteiger partial charge in [0.05, 0.1) is 16.9 Å². The van der Waals surface area contributed by atoms with E-state index in [4.69, 9.17) is 4.52 Å². The molecule has 4 rings (SSSR count). The van der Waals surface area contributed by atoms with Gasteiger partial charge in [-0.1, -0.05) is 5.16 Å². The number of tetrazole rings is 1. The Kier molecular flexibility index (Phi) is 6.22. The second-order valence-electron chi connectivity index (χ2n) is 6.66. The molecular formula is C20H18N8O3S. The van der Waals surface area contributed by atoms with Crippen molar-refractivity contribution in [2.75, 3.05) is 0 Å². The van der Waals surface area contributed by atoms with Gasteiger partial charge in [0.15, 0.2) is 0 Å². The lowest BCUT2D eigenvalue weighted by atomic mass is 10.2. The first-order chi connectivity index (χ1) is 15.5. The first kappa shape index (κ1) is 21.2. The molecule has 2 amide bonds. The number of amides is 2. The van der Waals surface area contributed by atoms with E-state index in [9.17, 15) is 9.59 Å². The molecule has 0 aliphatic carbocycles. The van der Waals surface area contributed by atoms with Crippen LogP contribution in [0.5, 0.6) is 0 Å². The van der Waals surface area contributed by atoms with Gasteiger partial charge < -0.3 is 4.52 Å². The Morgan fingerprint density at radius 2 is 1.88 bits per heavy atom. The minimum Gasteiger partial charge on any atom is -0.361 e. The van der Waals surface area contributed by atoms with Crippen molar-refractivity contribution in [2.45, 2.75) is 24.6 Å². The SMILES string of the molecule is Cc1noc(C)c1CSc1ncccc1C(=O)NNC(=O)c1ccc(-n2cnnn2)cc1. The third-order valence-electron chi connectivity index (χ3n) is 4.58. The highest BCUT2D eigenvalue weighted by Crippen LogP contribution is 2.27. The molecule has 11 nitrogen and oxygen atoms in total. The molecular weight excluding hydrogens is 432 g/mol. The van der Waals surface area contributed by atoms with Crippen LogP contribution in [0.1, 0.15) is 37.7 Å². The van der Waals surface area contributed by atoms with Gasteiger partial charge in [0.25, 0.3) is 11.8 Å². The van der Waals surface area contributed by atoms with Crippen LogP contribution in [0.3, 0.4) is 0 Å². The van der Waals surface area contributed by atoms with Gasteiger partial charge in [-0.25, -0.2) is 9.67 Å². The van der Waals surface area contributed by atoms with Gasteiger partial charge in [-0.3, -0.25) is 20.4 Å². The maximum absolute atomic E-state index is 12.7. The highest BCUT2D eigenvalue weighted by atomic mass is 32.2. The van der Waals surface area contributed by atoms with Gasteiger partial charge in [-0.2, -0.15) is 0 Å². The van der Waals surface area contributed by atoms with Gasteiger partial charge in [0.1, 0.15) is 17.1 Å². The second kappa shape index (κ2) is 9.39. The van der Waals surface area contributed by atoms with E-state index in [1.807, 2.05) is 13.8 Å². The Morgan fingerprint density at radius 1 is 1.09 bits per heavy atom. The fraction of sp³-hybridized carbons (Fsp3) is 0.150. The zero-order valence-electron chi connectivity index (χ0n) is 17.1. The molecule has 32 heavy (non-hydrogen) atoms. The summed E-state index contributed by atoms with van der Waals surface area (Å²) in [5.74, 6) is 0.349. The van der Waals surface area contributed by atoms with Crippen molar-refractivity contribution >= 4 is 23.6 Å². The maximum atomic E-state index is 12.7. The molecule has 1 aromatic carbocycles. The largest absolute Gasteiger partial charge is 0.361 e. The topological polar surface area (TPSA) is 141 Å². The van der Waals surface area contributed by atoms with E-state index in [1.54, 1.807) is 42.6 Å². The van der Waals surface area contributed by atoms with Crippen molar-refractivity contribution in [1.29, 1.82) is 0 Å². The molecule has 0 atom stereocenters. The number of carbonyl (C=O) groups is 2.